The van der Waals surface area contributed by atoms with E-state index in [9.17, 15) is 0 Å². The van der Waals surface area contributed by atoms with Gasteiger partial charge in [-0.05, 0) is 32.3 Å². The van der Waals surface area contributed by atoms with Crippen LogP contribution in [0.4, 0.5) is 0 Å². The molecule has 0 aromatic heterocycles. The number of rotatable bonds is 2. The van der Waals surface area contributed by atoms with Gasteiger partial charge in [-0.2, -0.15) is 10.2 Å². The van der Waals surface area contributed by atoms with E-state index >= 15 is 0 Å². The van der Waals surface area contributed by atoms with E-state index in [0.717, 1.165) is 12.8 Å². The van der Waals surface area contributed by atoms with Crippen molar-refractivity contribution in [1.82, 2.24) is 0 Å². The number of azo groups is 1. The van der Waals surface area contributed by atoms with Gasteiger partial charge in [0.05, 0.1) is 0 Å². The molecule has 0 saturated carbocycles. The van der Waals surface area contributed by atoms with Gasteiger partial charge < -0.3 is 0 Å². The molecular formula is C10H18N2. The smallest absolute Gasteiger partial charge is 0.102 e. The SMILES string of the molecule is C=C1[C@@](C)(CC)N=N[C@@]1(C)CC. The van der Waals surface area contributed by atoms with E-state index in [1.54, 1.807) is 0 Å². The van der Waals surface area contributed by atoms with E-state index in [-0.39, 0.29) is 11.1 Å². The molecule has 0 N–H and O–H groups in total. The molecule has 0 bridgehead atoms. The van der Waals surface area contributed by atoms with Crippen LogP contribution < -0.4 is 0 Å². The predicted molar refractivity (Wildman–Crippen MR) is 51.4 cm³/mol. The zero-order chi connectivity index (χ0) is 9.41. The summed E-state index contributed by atoms with van der Waals surface area (Å²) in [4.78, 5) is 0. The van der Waals surface area contributed by atoms with Crippen LogP contribution in [0.1, 0.15) is 40.5 Å². The van der Waals surface area contributed by atoms with E-state index in [2.05, 4.69) is 44.5 Å². The average molecular weight is 166 g/mol. The Kier molecular flexibility index (Phi) is 2.11. The number of hydrogen-bond acceptors (Lipinski definition) is 2. The zero-order valence-electron chi connectivity index (χ0n) is 8.52. The maximum absolute atomic E-state index is 4.32. The molecule has 1 aliphatic rings. The lowest BCUT2D eigenvalue weighted by atomic mass is 9.79. The van der Waals surface area contributed by atoms with Gasteiger partial charge in [0.25, 0.3) is 0 Å². The minimum atomic E-state index is -0.106. The molecule has 12 heavy (non-hydrogen) atoms. The first-order chi connectivity index (χ1) is 5.48. The number of hydrogen-bond donors (Lipinski definition) is 0. The van der Waals surface area contributed by atoms with Gasteiger partial charge in [-0.25, -0.2) is 0 Å². The largest absolute Gasteiger partial charge is 0.182 e. The molecule has 0 fully saturated rings. The maximum atomic E-state index is 4.32. The van der Waals surface area contributed by atoms with Crippen LogP contribution in [0.2, 0.25) is 0 Å². The van der Waals surface area contributed by atoms with Gasteiger partial charge in [0.15, 0.2) is 0 Å². The minimum absolute atomic E-state index is 0.106. The molecule has 0 aliphatic carbocycles. The van der Waals surface area contributed by atoms with Gasteiger partial charge in [-0.3, -0.25) is 0 Å². The molecule has 0 unspecified atom stereocenters. The van der Waals surface area contributed by atoms with Gasteiger partial charge in [-0.1, -0.05) is 20.4 Å². The van der Waals surface area contributed by atoms with Gasteiger partial charge >= 0.3 is 0 Å². The van der Waals surface area contributed by atoms with Crippen LogP contribution in [-0.2, 0) is 0 Å². The molecule has 0 aromatic carbocycles. The Balaban J connectivity index is 2.96. The molecule has 0 radical (unpaired) electrons. The molecule has 2 heteroatoms. The molecule has 0 amide bonds. The summed E-state index contributed by atoms with van der Waals surface area (Å²) < 4.78 is 0. The minimum Gasteiger partial charge on any atom is -0.182 e. The third kappa shape index (κ3) is 1.10. The van der Waals surface area contributed by atoms with Crippen molar-refractivity contribution >= 4 is 0 Å². The van der Waals surface area contributed by atoms with Crippen molar-refractivity contribution in [3.05, 3.63) is 12.2 Å². The Bertz CT molecular complexity index is 210. The fourth-order valence-electron chi connectivity index (χ4n) is 1.49. The van der Waals surface area contributed by atoms with Crippen molar-refractivity contribution in [2.45, 2.75) is 51.6 Å². The quantitative estimate of drug-likeness (QED) is 0.562. The van der Waals surface area contributed by atoms with Crippen LogP contribution in [0.5, 0.6) is 0 Å². The standard InChI is InChI=1S/C10H18N2/c1-6-9(4)8(3)10(5,7-2)12-11-9/h3,6-7H2,1-2,4-5H3/t9-,10+. The van der Waals surface area contributed by atoms with Crippen molar-refractivity contribution in [2.75, 3.05) is 0 Å². The predicted octanol–water partition coefficient (Wildman–Crippen LogP) is 3.35. The van der Waals surface area contributed by atoms with Crippen LogP contribution in [0.3, 0.4) is 0 Å². The first kappa shape index (κ1) is 9.43. The Labute approximate surface area is 74.8 Å². The van der Waals surface area contributed by atoms with Crippen LogP contribution in [0.15, 0.2) is 22.4 Å². The van der Waals surface area contributed by atoms with Crippen LogP contribution in [-0.4, -0.2) is 11.1 Å². The van der Waals surface area contributed by atoms with Crippen molar-refractivity contribution in [3.8, 4) is 0 Å². The summed E-state index contributed by atoms with van der Waals surface area (Å²) in [7, 11) is 0. The lowest BCUT2D eigenvalue weighted by molar-refractivity contribution is 0.495. The van der Waals surface area contributed by atoms with Crippen molar-refractivity contribution in [1.29, 1.82) is 0 Å². The summed E-state index contributed by atoms with van der Waals surface area (Å²) in [6.45, 7) is 12.6. The molecule has 0 saturated heterocycles. The highest BCUT2D eigenvalue weighted by atomic mass is 15.2. The Morgan fingerprint density at radius 3 is 1.58 bits per heavy atom. The molecule has 2 nitrogen and oxygen atoms in total. The van der Waals surface area contributed by atoms with Crippen LogP contribution in [0, 0.1) is 0 Å². The van der Waals surface area contributed by atoms with E-state index in [1.807, 2.05) is 0 Å². The van der Waals surface area contributed by atoms with Gasteiger partial charge in [-0.15, -0.1) is 0 Å². The third-order valence-corrected chi connectivity index (χ3v) is 3.17. The first-order valence-electron chi connectivity index (χ1n) is 4.62. The fraction of sp³-hybridized carbons (Fsp3) is 0.800. The zero-order valence-corrected chi connectivity index (χ0v) is 8.52. The first-order valence-corrected chi connectivity index (χ1v) is 4.62. The highest BCUT2D eigenvalue weighted by molar-refractivity contribution is 5.30. The van der Waals surface area contributed by atoms with Gasteiger partial charge in [0.2, 0.25) is 0 Å². The normalized spacial score (nSPS) is 40.8. The fourth-order valence-corrected chi connectivity index (χ4v) is 1.49. The van der Waals surface area contributed by atoms with Gasteiger partial charge in [0, 0.05) is 0 Å². The lowest BCUT2D eigenvalue weighted by Crippen LogP contribution is -2.30. The van der Waals surface area contributed by atoms with E-state index in [0.29, 0.717) is 0 Å². The molecular weight excluding hydrogens is 148 g/mol. The molecule has 1 rings (SSSR count). The molecule has 68 valence electrons. The highest BCUT2D eigenvalue weighted by Gasteiger charge is 2.43. The maximum Gasteiger partial charge on any atom is 0.102 e. The molecule has 2 atom stereocenters. The molecule has 0 aromatic rings. The summed E-state index contributed by atoms with van der Waals surface area (Å²) in [5.74, 6) is 0. The highest BCUT2D eigenvalue weighted by Crippen LogP contribution is 2.42. The average Bonchev–Trinajstić information content (AvgIpc) is 2.32. The summed E-state index contributed by atoms with van der Waals surface area (Å²) in [6, 6.07) is 0. The van der Waals surface area contributed by atoms with E-state index in [4.69, 9.17) is 0 Å². The summed E-state index contributed by atoms with van der Waals surface area (Å²) >= 11 is 0. The van der Waals surface area contributed by atoms with Crippen molar-refractivity contribution in [2.24, 2.45) is 10.2 Å². The number of nitrogens with zero attached hydrogens (tertiary/aromatic N) is 2. The Morgan fingerprint density at radius 1 is 1.08 bits per heavy atom. The van der Waals surface area contributed by atoms with Crippen molar-refractivity contribution in [3.63, 3.8) is 0 Å². The molecule has 1 heterocycles. The van der Waals surface area contributed by atoms with Crippen LogP contribution >= 0.6 is 0 Å². The summed E-state index contributed by atoms with van der Waals surface area (Å²) in [5, 5.41) is 8.63. The van der Waals surface area contributed by atoms with Crippen LogP contribution in [0.25, 0.3) is 0 Å². The Morgan fingerprint density at radius 2 is 1.42 bits per heavy atom. The van der Waals surface area contributed by atoms with E-state index in [1.165, 1.54) is 5.57 Å². The summed E-state index contributed by atoms with van der Waals surface area (Å²) in [6.07, 6.45) is 1.98. The Hall–Kier alpha value is -0.660. The van der Waals surface area contributed by atoms with Crippen molar-refractivity contribution < 1.29 is 0 Å². The second-order valence-corrected chi connectivity index (χ2v) is 3.93. The summed E-state index contributed by atoms with van der Waals surface area (Å²) in [5.41, 5.74) is 0.954. The topological polar surface area (TPSA) is 24.7 Å². The second kappa shape index (κ2) is 2.68. The second-order valence-electron chi connectivity index (χ2n) is 3.93. The van der Waals surface area contributed by atoms with E-state index < -0.39 is 0 Å². The molecule has 1 aliphatic heterocycles. The third-order valence-electron chi connectivity index (χ3n) is 3.17. The lowest BCUT2D eigenvalue weighted by Gasteiger charge is -2.26. The monoisotopic (exact) mass is 166 g/mol. The van der Waals surface area contributed by atoms with Gasteiger partial charge in [0.1, 0.15) is 11.1 Å². The molecule has 0 spiro atoms.